The maximum atomic E-state index is 13.6. The Hall–Kier alpha value is -2.19. The van der Waals surface area contributed by atoms with E-state index in [4.69, 9.17) is 5.84 Å². The number of nitrogen functional groups attached to an aromatic ring is 1. The highest BCUT2D eigenvalue weighted by atomic mass is 32.2. The number of nitrogens with one attached hydrogen (secondary N) is 2. The Balaban J connectivity index is 1.96. The standard InChI is InChI=1S/C11H9FN6S/c12-6-5-14-10(18-13)17-9(6)19-11-15-7-3-1-2-4-8(7)16-11/h1-5H,13H2,(H,15,16)(H,14,17,18). The van der Waals surface area contributed by atoms with E-state index in [-0.39, 0.29) is 11.0 Å². The number of hydrazine groups is 1. The number of aromatic nitrogens is 4. The topological polar surface area (TPSA) is 92.5 Å². The second kappa shape index (κ2) is 4.82. The molecule has 2 heterocycles. The third-order valence-electron chi connectivity index (χ3n) is 2.40. The molecule has 8 heteroatoms. The number of nitrogens with two attached hydrogens (primary N) is 1. The van der Waals surface area contributed by atoms with Gasteiger partial charge in [-0.1, -0.05) is 12.1 Å². The highest BCUT2D eigenvalue weighted by Crippen LogP contribution is 2.27. The first kappa shape index (κ1) is 11.9. The van der Waals surface area contributed by atoms with Gasteiger partial charge in [0.2, 0.25) is 5.95 Å². The number of rotatable bonds is 3. The summed E-state index contributed by atoms with van der Waals surface area (Å²) >= 11 is 1.08. The molecular formula is C11H9FN6S. The molecule has 0 aliphatic carbocycles. The summed E-state index contributed by atoms with van der Waals surface area (Å²) in [5.41, 5.74) is 3.98. The molecule has 0 saturated heterocycles. The van der Waals surface area contributed by atoms with E-state index in [0.29, 0.717) is 5.16 Å². The molecule has 19 heavy (non-hydrogen) atoms. The van der Waals surface area contributed by atoms with Crippen LogP contribution in [0.2, 0.25) is 0 Å². The fraction of sp³-hybridized carbons (Fsp3) is 0. The average molecular weight is 276 g/mol. The van der Waals surface area contributed by atoms with Gasteiger partial charge in [0.25, 0.3) is 0 Å². The third-order valence-corrected chi connectivity index (χ3v) is 3.27. The van der Waals surface area contributed by atoms with Gasteiger partial charge in [0.1, 0.15) is 5.03 Å². The minimum atomic E-state index is -0.524. The van der Waals surface area contributed by atoms with E-state index in [1.807, 2.05) is 24.3 Å². The molecule has 0 aliphatic rings. The second-order valence-corrected chi connectivity index (χ2v) is 4.63. The third kappa shape index (κ3) is 2.35. The average Bonchev–Trinajstić information content (AvgIpc) is 2.83. The Morgan fingerprint density at radius 3 is 2.89 bits per heavy atom. The fourth-order valence-electron chi connectivity index (χ4n) is 1.56. The maximum absolute atomic E-state index is 13.6. The van der Waals surface area contributed by atoms with Gasteiger partial charge in [-0.05, 0) is 23.9 Å². The Morgan fingerprint density at radius 1 is 1.26 bits per heavy atom. The summed E-state index contributed by atoms with van der Waals surface area (Å²) in [5, 5.41) is 0.712. The lowest BCUT2D eigenvalue weighted by atomic mass is 10.3. The zero-order valence-electron chi connectivity index (χ0n) is 9.59. The van der Waals surface area contributed by atoms with Gasteiger partial charge in [-0.15, -0.1) is 0 Å². The Kier molecular flexibility index (Phi) is 3.02. The highest BCUT2D eigenvalue weighted by Gasteiger charge is 2.11. The van der Waals surface area contributed by atoms with Crippen LogP contribution in [0.1, 0.15) is 0 Å². The minimum absolute atomic E-state index is 0.153. The molecule has 0 bridgehead atoms. The number of nitrogens with zero attached hydrogens (tertiary/aromatic N) is 3. The Bertz CT molecular complexity index is 695. The Labute approximate surface area is 111 Å². The van der Waals surface area contributed by atoms with E-state index in [2.05, 4.69) is 25.4 Å². The molecule has 0 radical (unpaired) electrons. The van der Waals surface area contributed by atoms with Gasteiger partial charge >= 0.3 is 0 Å². The molecule has 3 rings (SSSR count). The van der Waals surface area contributed by atoms with E-state index in [0.717, 1.165) is 29.0 Å². The van der Waals surface area contributed by atoms with Crippen molar-refractivity contribution >= 4 is 28.7 Å². The van der Waals surface area contributed by atoms with Crippen molar-refractivity contribution in [1.82, 2.24) is 19.9 Å². The summed E-state index contributed by atoms with van der Waals surface area (Å²) in [4.78, 5) is 15.0. The lowest BCUT2D eigenvalue weighted by Crippen LogP contribution is -2.11. The van der Waals surface area contributed by atoms with Crippen LogP contribution in [0.3, 0.4) is 0 Å². The smallest absolute Gasteiger partial charge is 0.238 e. The monoisotopic (exact) mass is 276 g/mol. The molecule has 0 aliphatic heterocycles. The van der Waals surface area contributed by atoms with Gasteiger partial charge in [-0.2, -0.15) is 0 Å². The van der Waals surface area contributed by atoms with Crippen molar-refractivity contribution in [1.29, 1.82) is 0 Å². The number of halogens is 1. The molecule has 6 nitrogen and oxygen atoms in total. The summed E-state index contributed by atoms with van der Waals surface area (Å²) in [6, 6.07) is 7.56. The first-order valence-corrected chi connectivity index (χ1v) is 6.19. The normalized spacial score (nSPS) is 10.8. The van der Waals surface area contributed by atoms with Crippen molar-refractivity contribution in [3.05, 3.63) is 36.3 Å². The molecule has 0 spiro atoms. The van der Waals surface area contributed by atoms with E-state index in [1.165, 1.54) is 0 Å². The van der Waals surface area contributed by atoms with Crippen LogP contribution in [0.25, 0.3) is 11.0 Å². The van der Waals surface area contributed by atoms with Crippen molar-refractivity contribution in [3.63, 3.8) is 0 Å². The molecule has 0 atom stereocenters. The van der Waals surface area contributed by atoms with E-state index in [1.54, 1.807) is 0 Å². The SMILES string of the molecule is NNc1ncc(F)c(Sc2nc3ccccc3[nH]2)n1. The molecule has 0 saturated carbocycles. The number of benzene rings is 1. The fourth-order valence-corrected chi connectivity index (χ4v) is 2.33. The summed E-state index contributed by atoms with van der Waals surface area (Å²) in [5.74, 6) is 4.82. The van der Waals surface area contributed by atoms with E-state index < -0.39 is 5.82 Å². The van der Waals surface area contributed by atoms with E-state index in [9.17, 15) is 4.39 Å². The van der Waals surface area contributed by atoms with Crippen LogP contribution in [0.15, 0.2) is 40.6 Å². The lowest BCUT2D eigenvalue weighted by molar-refractivity contribution is 0.579. The molecule has 0 amide bonds. The van der Waals surface area contributed by atoms with Gasteiger partial charge in [-0.25, -0.2) is 25.2 Å². The minimum Gasteiger partial charge on any atom is -0.333 e. The number of aromatic amines is 1. The maximum Gasteiger partial charge on any atom is 0.238 e. The summed E-state index contributed by atoms with van der Waals surface area (Å²) in [7, 11) is 0. The largest absolute Gasteiger partial charge is 0.333 e. The molecule has 0 unspecified atom stereocenters. The number of hydrogen-bond acceptors (Lipinski definition) is 6. The van der Waals surface area contributed by atoms with Crippen LogP contribution in [0.4, 0.5) is 10.3 Å². The number of hydrogen-bond donors (Lipinski definition) is 3. The van der Waals surface area contributed by atoms with Crippen LogP contribution in [-0.4, -0.2) is 19.9 Å². The van der Waals surface area contributed by atoms with Crippen molar-refractivity contribution in [2.45, 2.75) is 10.2 Å². The predicted molar refractivity (Wildman–Crippen MR) is 70.0 cm³/mol. The first-order chi connectivity index (χ1) is 9.26. The summed E-state index contributed by atoms with van der Waals surface area (Å²) < 4.78 is 13.6. The number of para-hydroxylation sites is 2. The molecule has 96 valence electrons. The van der Waals surface area contributed by atoms with Crippen LogP contribution in [0, 0.1) is 5.82 Å². The molecule has 1 aromatic carbocycles. The van der Waals surface area contributed by atoms with Gasteiger partial charge in [0.15, 0.2) is 11.0 Å². The van der Waals surface area contributed by atoms with Gasteiger partial charge in [-0.3, -0.25) is 5.43 Å². The quantitative estimate of drug-likeness (QED) is 0.384. The molecule has 4 N–H and O–H groups in total. The zero-order chi connectivity index (χ0) is 13.2. The molecule has 0 fully saturated rings. The highest BCUT2D eigenvalue weighted by molar-refractivity contribution is 7.99. The number of imidazole rings is 1. The first-order valence-electron chi connectivity index (χ1n) is 5.38. The van der Waals surface area contributed by atoms with Gasteiger partial charge < -0.3 is 4.98 Å². The molecule has 2 aromatic heterocycles. The zero-order valence-corrected chi connectivity index (χ0v) is 10.4. The van der Waals surface area contributed by atoms with Crippen molar-refractivity contribution in [2.24, 2.45) is 5.84 Å². The number of anilines is 1. The lowest BCUT2D eigenvalue weighted by Gasteiger charge is -2.01. The molecule has 3 aromatic rings. The van der Waals surface area contributed by atoms with Crippen LogP contribution < -0.4 is 11.3 Å². The number of H-pyrrole nitrogens is 1. The molecular weight excluding hydrogens is 267 g/mol. The van der Waals surface area contributed by atoms with Crippen LogP contribution in [0.5, 0.6) is 0 Å². The van der Waals surface area contributed by atoms with Gasteiger partial charge in [0.05, 0.1) is 17.2 Å². The second-order valence-electron chi connectivity index (χ2n) is 3.65. The number of fused-ring (bicyclic) bond motifs is 1. The van der Waals surface area contributed by atoms with Crippen molar-refractivity contribution in [2.75, 3.05) is 5.43 Å². The summed E-state index contributed by atoms with van der Waals surface area (Å²) in [6.07, 6.45) is 1.06. The van der Waals surface area contributed by atoms with Crippen molar-refractivity contribution in [3.8, 4) is 0 Å². The van der Waals surface area contributed by atoms with Crippen LogP contribution in [-0.2, 0) is 0 Å². The Morgan fingerprint density at radius 2 is 2.11 bits per heavy atom. The van der Waals surface area contributed by atoms with Crippen LogP contribution >= 0.6 is 11.8 Å². The van der Waals surface area contributed by atoms with Crippen molar-refractivity contribution < 1.29 is 4.39 Å². The summed E-state index contributed by atoms with van der Waals surface area (Å²) in [6.45, 7) is 0. The van der Waals surface area contributed by atoms with Gasteiger partial charge in [0, 0.05) is 0 Å². The van der Waals surface area contributed by atoms with E-state index >= 15 is 0 Å². The predicted octanol–water partition coefficient (Wildman–Crippen LogP) is 1.93.